The predicted molar refractivity (Wildman–Crippen MR) is 33.1 cm³/mol. The molecule has 1 aromatic rings. The third-order valence-electron chi connectivity index (χ3n) is 1.15. The van der Waals surface area contributed by atoms with Gasteiger partial charge in [0.2, 0.25) is 0 Å². The zero-order chi connectivity index (χ0) is 8.59. The summed E-state index contributed by atoms with van der Waals surface area (Å²) < 4.78 is 12.7. The van der Waals surface area contributed by atoms with Gasteiger partial charge in [0.05, 0.1) is 0 Å². The van der Waals surface area contributed by atoms with Crippen molar-refractivity contribution in [3.63, 3.8) is 0 Å². The zero-order valence-corrected chi connectivity index (χ0v) is 5.50. The lowest BCUT2D eigenvalue weighted by molar-refractivity contribution is 0.307. The SMILES string of the molecule is Cn1c(=O)[nH]c(=O)n(F)c1=O. The molecule has 1 aromatic heterocycles. The molecule has 0 amide bonds. The van der Waals surface area contributed by atoms with E-state index >= 15 is 0 Å². The van der Waals surface area contributed by atoms with E-state index in [0.717, 1.165) is 7.05 Å². The zero-order valence-electron chi connectivity index (χ0n) is 5.50. The highest BCUT2D eigenvalue weighted by molar-refractivity contribution is 4.68. The fraction of sp³-hybridized carbons (Fsp3) is 0.250. The van der Waals surface area contributed by atoms with E-state index in [1.807, 2.05) is 0 Å². The van der Waals surface area contributed by atoms with Gasteiger partial charge in [-0.2, -0.15) is 0 Å². The summed E-state index contributed by atoms with van der Waals surface area (Å²) in [5.41, 5.74) is -3.59. The Bertz CT molecular complexity index is 402. The van der Waals surface area contributed by atoms with E-state index in [4.69, 9.17) is 0 Å². The van der Waals surface area contributed by atoms with Crippen LogP contribution in [0.5, 0.6) is 0 Å². The van der Waals surface area contributed by atoms with Gasteiger partial charge in [-0.1, -0.05) is 9.27 Å². The fourth-order valence-electron chi connectivity index (χ4n) is 0.530. The fourth-order valence-corrected chi connectivity index (χ4v) is 0.530. The minimum absolute atomic E-state index is 0.446. The minimum Gasteiger partial charge on any atom is -0.257 e. The molecule has 0 aliphatic heterocycles. The summed E-state index contributed by atoms with van der Waals surface area (Å²) in [7, 11) is 1.05. The number of aromatic amines is 1. The molecule has 0 unspecified atom stereocenters. The number of hydrogen-bond donors (Lipinski definition) is 1. The average Bonchev–Trinajstić information content (AvgIpc) is 1.97. The number of nitrogens with one attached hydrogen (secondary N) is 1. The van der Waals surface area contributed by atoms with Crippen LogP contribution in [-0.2, 0) is 7.05 Å². The van der Waals surface area contributed by atoms with E-state index in [-0.39, 0.29) is 0 Å². The maximum atomic E-state index is 12.3. The first-order chi connectivity index (χ1) is 5.04. The van der Waals surface area contributed by atoms with E-state index in [2.05, 4.69) is 0 Å². The summed E-state index contributed by atoms with van der Waals surface area (Å²) in [6.07, 6.45) is 0. The third kappa shape index (κ3) is 0.997. The molecule has 6 nitrogen and oxygen atoms in total. The maximum Gasteiger partial charge on any atom is 0.365 e. The molecule has 1 rings (SSSR count). The van der Waals surface area contributed by atoms with Crippen molar-refractivity contribution < 1.29 is 4.48 Å². The quantitative estimate of drug-likeness (QED) is 0.476. The summed E-state index contributed by atoms with van der Waals surface area (Å²) >= 11 is 0. The van der Waals surface area contributed by atoms with Crippen molar-refractivity contribution in [3.05, 3.63) is 31.5 Å². The van der Waals surface area contributed by atoms with Crippen molar-refractivity contribution in [3.8, 4) is 0 Å². The number of rotatable bonds is 0. The molecule has 0 bridgehead atoms. The molecular formula is C4H4FN3O3. The molecule has 0 aliphatic carbocycles. The lowest BCUT2D eigenvalue weighted by Gasteiger charge is -1.93. The first-order valence-electron chi connectivity index (χ1n) is 2.62. The van der Waals surface area contributed by atoms with E-state index in [1.54, 1.807) is 4.98 Å². The van der Waals surface area contributed by atoms with Gasteiger partial charge in [-0.25, -0.2) is 19.0 Å². The van der Waals surface area contributed by atoms with Crippen LogP contribution >= 0.6 is 0 Å². The molecule has 60 valence electrons. The van der Waals surface area contributed by atoms with Gasteiger partial charge in [-0.05, 0) is 0 Å². The van der Waals surface area contributed by atoms with Crippen LogP contribution in [0, 0.1) is 0 Å². The number of H-pyrrole nitrogens is 1. The molecule has 1 heterocycles. The van der Waals surface area contributed by atoms with Gasteiger partial charge in [-0.3, -0.25) is 4.98 Å². The van der Waals surface area contributed by atoms with E-state index in [9.17, 15) is 18.9 Å². The van der Waals surface area contributed by atoms with Crippen molar-refractivity contribution in [1.29, 1.82) is 0 Å². The van der Waals surface area contributed by atoms with Crippen LogP contribution in [-0.4, -0.2) is 14.3 Å². The number of hydrogen-bond acceptors (Lipinski definition) is 3. The standard InChI is InChI=1S/C4H4FN3O3/c1-7-2(9)6-3(10)8(5)4(7)11/h1H3,(H,6,9,10). The summed E-state index contributed by atoms with van der Waals surface area (Å²) in [6, 6.07) is 0. The lowest BCUT2D eigenvalue weighted by atomic mass is 10.9. The van der Waals surface area contributed by atoms with Crippen LogP contribution in [0.2, 0.25) is 0 Å². The Morgan fingerprint density at radius 1 is 1.27 bits per heavy atom. The second-order valence-corrected chi connectivity index (χ2v) is 1.86. The Morgan fingerprint density at radius 2 is 1.82 bits per heavy atom. The van der Waals surface area contributed by atoms with E-state index in [1.165, 1.54) is 0 Å². The first-order valence-corrected chi connectivity index (χ1v) is 2.62. The van der Waals surface area contributed by atoms with E-state index < -0.39 is 21.9 Å². The second kappa shape index (κ2) is 2.19. The van der Waals surface area contributed by atoms with Gasteiger partial charge < -0.3 is 0 Å². The molecule has 0 aromatic carbocycles. The summed E-state index contributed by atoms with van der Waals surface area (Å²) in [5, 5.41) is 0. The Balaban J connectivity index is 3.89. The smallest absolute Gasteiger partial charge is 0.257 e. The second-order valence-electron chi connectivity index (χ2n) is 1.86. The molecule has 0 atom stereocenters. The molecule has 0 radical (unpaired) electrons. The van der Waals surface area contributed by atoms with Crippen molar-refractivity contribution in [1.82, 2.24) is 14.3 Å². The highest BCUT2D eigenvalue weighted by atomic mass is 19.2. The Hall–Kier alpha value is -1.66. The Labute approximate surface area is 58.5 Å². The number of nitrogens with zero attached hydrogens (tertiary/aromatic N) is 2. The average molecular weight is 161 g/mol. The van der Waals surface area contributed by atoms with Crippen molar-refractivity contribution in [2.45, 2.75) is 0 Å². The normalized spacial score (nSPS) is 10.0. The van der Waals surface area contributed by atoms with Gasteiger partial charge in [0.15, 0.2) is 0 Å². The van der Waals surface area contributed by atoms with Crippen LogP contribution in [0.15, 0.2) is 14.4 Å². The van der Waals surface area contributed by atoms with Crippen molar-refractivity contribution in [2.75, 3.05) is 0 Å². The first kappa shape index (κ1) is 7.45. The van der Waals surface area contributed by atoms with Crippen molar-refractivity contribution >= 4 is 0 Å². The topological polar surface area (TPSA) is 76.9 Å². The highest BCUT2D eigenvalue weighted by Gasteiger charge is 2.03. The molecule has 0 aliphatic rings. The Morgan fingerprint density at radius 3 is 2.36 bits per heavy atom. The van der Waals surface area contributed by atoms with Gasteiger partial charge in [0, 0.05) is 7.05 Å². The lowest BCUT2D eigenvalue weighted by Crippen LogP contribution is -2.45. The van der Waals surface area contributed by atoms with Gasteiger partial charge in [0.25, 0.3) is 0 Å². The predicted octanol–water partition coefficient (Wildman–Crippen LogP) is -2.03. The van der Waals surface area contributed by atoms with Crippen LogP contribution in [0.4, 0.5) is 4.48 Å². The largest absolute Gasteiger partial charge is 0.365 e. The molecule has 0 saturated heterocycles. The molecule has 7 heteroatoms. The van der Waals surface area contributed by atoms with Gasteiger partial charge in [-0.15, -0.1) is 0 Å². The Kier molecular flexibility index (Phi) is 1.48. The number of halogens is 1. The van der Waals surface area contributed by atoms with Crippen molar-refractivity contribution in [2.24, 2.45) is 7.05 Å². The van der Waals surface area contributed by atoms with Gasteiger partial charge >= 0.3 is 17.1 Å². The molecule has 0 fully saturated rings. The summed E-state index contributed by atoms with van der Waals surface area (Å²) in [6.45, 7) is 0. The minimum atomic E-state index is -1.36. The highest BCUT2D eigenvalue weighted by Crippen LogP contribution is 1.58. The molecule has 11 heavy (non-hydrogen) atoms. The molecular weight excluding hydrogens is 157 g/mol. The van der Waals surface area contributed by atoms with Crippen LogP contribution in [0.3, 0.4) is 0 Å². The molecule has 0 spiro atoms. The maximum absolute atomic E-state index is 12.3. The third-order valence-corrected chi connectivity index (χ3v) is 1.15. The summed E-state index contributed by atoms with van der Waals surface area (Å²) in [5.74, 6) is 0. The molecule has 0 saturated carbocycles. The molecule has 1 N–H and O–H groups in total. The van der Waals surface area contributed by atoms with Gasteiger partial charge in [0.1, 0.15) is 0 Å². The van der Waals surface area contributed by atoms with Crippen LogP contribution < -0.4 is 17.1 Å². The van der Waals surface area contributed by atoms with Crippen LogP contribution in [0.25, 0.3) is 0 Å². The van der Waals surface area contributed by atoms with Crippen LogP contribution in [0.1, 0.15) is 0 Å². The summed E-state index contributed by atoms with van der Waals surface area (Å²) in [4.78, 5) is 32.3. The monoisotopic (exact) mass is 161 g/mol. The van der Waals surface area contributed by atoms with E-state index in [0.29, 0.717) is 4.57 Å². The number of aromatic nitrogens is 3.